The van der Waals surface area contributed by atoms with Crippen molar-refractivity contribution in [2.75, 3.05) is 19.0 Å². The van der Waals surface area contributed by atoms with E-state index in [0.717, 1.165) is 11.1 Å². The number of aromatic nitrogens is 1. The van der Waals surface area contributed by atoms with Crippen LogP contribution in [0.2, 0.25) is 0 Å². The zero-order valence-corrected chi connectivity index (χ0v) is 20.4. The average molecular weight is 468 g/mol. The quantitative estimate of drug-likeness (QED) is 0.522. The molecule has 0 aliphatic carbocycles. The Morgan fingerprint density at radius 3 is 2.27 bits per heavy atom. The van der Waals surface area contributed by atoms with Crippen LogP contribution in [0.25, 0.3) is 10.8 Å². The van der Waals surface area contributed by atoms with Gasteiger partial charge in [-0.25, -0.2) is 0 Å². The van der Waals surface area contributed by atoms with Crippen LogP contribution in [0, 0.1) is 5.92 Å². The molecule has 3 aromatic rings. The van der Waals surface area contributed by atoms with E-state index in [-0.39, 0.29) is 29.2 Å². The molecule has 1 heterocycles. The van der Waals surface area contributed by atoms with Gasteiger partial charge in [-0.15, -0.1) is 11.6 Å². The third-order valence-corrected chi connectivity index (χ3v) is 6.40. The minimum atomic E-state index is -0.620. The lowest BCUT2D eigenvalue weighted by Crippen LogP contribution is -2.38. The molecule has 0 fully saturated rings. The maximum Gasteiger partial charge on any atom is 0.259 e. The van der Waals surface area contributed by atoms with E-state index in [0.29, 0.717) is 22.3 Å². The third-order valence-electron chi connectivity index (χ3n) is 6.09. The van der Waals surface area contributed by atoms with Crippen molar-refractivity contribution in [3.8, 4) is 0 Å². The number of pyridine rings is 1. The van der Waals surface area contributed by atoms with Crippen LogP contribution in [0.5, 0.6) is 0 Å². The number of fused-ring (bicyclic) bond motifs is 1. The number of anilines is 1. The summed E-state index contributed by atoms with van der Waals surface area (Å²) in [6.07, 6.45) is 1.64. The Morgan fingerprint density at radius 2 is 1.70 bits per heavy atom. The van der Waals surface area contributed by atoms with E-state index in [1.54, 1.807) is 43.4 Å². The molecular formula is C26H30ClN3O3. The first-order chi connectivity index (χ1) is 15.7. The van der Waals surface area contributed by atoms with Crippen LogP contribution >= 0.6 is 11.6 Å². The van der Waals surface area contributed by atoms with Gasteiger partial charge in [0.1, 0.15) is 6.04 Å². The van der Waals surface area contributed by atoms with Crippen molar-refractivity contribution in [3.63, 3.8) is 0 Å². The molecule has 0 saturated carbocycles. The molecular weight excluding hydrogens is 438 g/mol. The van der Waals surface area contributed by atoms with Gasteiger partial charge in [0, 0.05) is 36.9 Å². The fraction of sp³-hybridized carbons (Fsp3) is 0.346. The fourth-order valence-corrected chi connectivity index (χ4v) is 4.31. The van der Waals surface area contributed by atoms with Gasteiger partial charge in [0.2, 0.25) is 11.8 Å². The highest BCUT2D eigenvalue weighted by Gasteiger charge is 2.26. The van der Waals surface area contributed by atoms with Crippen LogP contribution in [0.3, 0.4) is 0 Å². The third kappa shape index (κ3) is 4.81. The van der Waals surface area contributed by atoms with Gasteiger partial charge in [-0.1, -0.05) is 44.2 Å². The van der Waals surface area contributed by atoms with Gasteiger partial charge in [-0.05, 0) is 42.2 Å². The zero-order chi connectivity index (χ0) is 24.3. The molecule has 1 aromatic heterocycles. The molecule has 0 saturated heterocycles. The van der Waals surface area contributed by atoms with Crippen molar-refractivity contribution in [1.82, 2.24) is 9.88 Å². The predicted octanol–water partition coefficient (Wildman–Crippen LogP) is 4.45. The van der Waals surface area contributed by atoms with Crippen molar-refractivity contribution in [3.05, 3.63) is 76.2 Å². The number of rotatable bonds is 7. The molecule has 2 aromatic carbocycles. The smallest absolute Gasteiger partial charge is 0.259 e. The number of amides is 2. The predicted molar refractivity (Wildman–Crippen MR) is 134 cm³/mol. The lowest BCUT2D eigenvalue weighted by atomic mass is 9.98. The summed E-state index contributed by atoms with van der Waals surface area (Å²) in [6, 6.07) is 14.2. The molecule has 0 spiro atoms. The number of nitrogens with one attached hydrogen (secondary N) is 1. The lowest BCUT2D eigenvalue weighted by molar-refractivity contribution is -0.125. The molecule has 174 valence electrons. The van der Waals surface area contributed by atoms with Gasteiger partial charge in [0.15, 0.2) is 0 Å². The second-order valence-corrected chi connectivity index (χ2v) is 8.83. The van der Waals surface area contributed by atoms with Gasteiger partial charge in [0.25, 0.3) is 5.56 Å². The highest BCUT2D eigenvalue weighted by molar-refractivity contribution is 6.17. The summed E-state index contributed by atoms with van der Waals surface area (Å²) in [5, 5.41) is 3.77. The van der Waals surface area contributed by atoms with E-state index >= 15 is 0 Å². The number of nitrogens with zero attached hydrogens (tertiary/aromatic N) is 2. The number of benzene rings is 2. The summed E-state index contributed by atoms with van der Waals surface area (Å²) in [5.74, 6) is -0.319. The summed E-state index contributed by atoms with van der Waals surface area (Å²) in [4.78, 5) is 40.6. The maximum absolute atomic E-state index is 13.3. The van der Waals surface area contributed by atoms with E-state index in [4.69, 9.17) is 11.6 Å². The molecule has 1 N–H and O–H groups in total. The molecule has 0 aliphatic heterocycles. The molecule has 7 heteroatoms. The van der Waals surface area contributed by atoms with Gasteiger partial charge in [-0.2, -0.15) is 0 Å². The molecule has 3 rings (SSSR count). The number of carbonyl (C=O) groups is 2. The first-order valence-corrected chi connectivity index (χ1v) is 11.5. The Labute approximate surface area is 199 Å². The fourth-order valence-electron chi connectivity index (χ4n) is 4.13. The minimum absolute atomic E-state index is 0.0708. The van der Waals surface area contributed by atoms with Crippen molar-refractivity contribution in [2.24, 2.45) is 5.92 Å². The second-order valence-electron chi connectivity index (χ2n) is 8.56. The van der Waals surface area contributed by atoms with Crippen LogP contribution in [0.1, 0.15) is 43.9 Å². The second kappa shape index (κ2) is 10.2. The summed E-state index contributed by atoms with van der Waals surface area (Å²) in [5.41, 5.74) is 2.28. The molecule has 0 unspecified atom stereocenters. The summed E-state index contributed by atoms with van der Waals surface area (Å²) >= 11 is 5.87. The van der Waals surface area contributed by atoms with Crippen LogP contribution in [0.15, 0.2) is 59.5 Å². The number of alkyl halides is 1. The van der Waals surface area contributed by atoms with E-state index in [1.807, 2.05) is 51.1 Å². The van der Waals surface area contributed by atoms with Crippen molar-refractivity contribution >= 4 is 39.9 Å². The molecule has 33 heavy (non-hydrogen) atoms. The van der Waals surface area contributed by atoms with E-state index < -0.39 is 6.04 Å². The first-order valence-electron chi connectivity index (χ1n) is 11.0. The van der Waals surface area contributed by atoms with Crippen molar-refractivity contribution < 1.29 is 9.59 Å². The number of hydrogen-bond acceptors (Lipinski definition) is 3. The molecule has 0 radical (unpaired) electrons. The largest absolute Gasteiger partial charge is 0.357 e. The first kappa shape index (κ1) is 24.5. The van der Waals surface area contributed by atoms with Gasteiger partial charge in [0.05, 0.1) is 11.6 Å². The summed E-state index contributed by atoms with van der Waals surface area (Å²) < 4.78 is 1.47. The van der Waals surface area contributed by atoms with Gasteiger partial charge >= 0.3 is 0 Å². The van der Waals surface area contributed by atoms with E-state index in [9.17, 15) is 14.4 Å². The molecule has 0 bridgehead atoms. The number of hydrogen-bond donors (Lipinski definition) is 1. The topological polar surface area (TPSA) is 71.4 Å². The molecule has 2 amide bonds. The summed E-state index contributed by atoms with van der Waals surface area (Å²) in [7, 11) is 3.28. The Balaban J connectivity index is 2.01. The Morgan fingerprint density at radius 1 is 1.03 bits per heavy atom. The highest BCUT2D eigenvalue weighted by atomic mass is 35.5. The standard InChI is InChI=1S/C26H30ClN3O3/c1-16(2)23(24(31)28-4)30-14-13-20-21(26(30)33)7-6-8-22(20)29(5)25(32)17(3)19-11-9-18(15-27)10-12-19/h6-14,16-17,23H,15H2,1-5H3,(H,28,31)/t17-,23+/m0/s1. The molecule has 6 nitrogen and oxygen atoms in total. The number of carbonyl (C=O) groups excluding carboxylic acids is 2. The zero-order valence-electron chi connectivity index (χ0n) is 19.6. The van der Waals surface area contributed by atoms with Crippen LogP contribution in [-0.4, -0.2) is 30.5 Å². The van der Waals surface area contributed by atoms with Crippen LogP contribution < -0.4 is 15.8 Å². The number of likely N-dealkylation sites (N-methyl/N-ethyl adjacent to an activating group) is 2. The van der Waals surface area contributed by atoms with E-state index in [2.05, 4.69) is 5.32 Å². The minimum Gasteiger partial charge on any atom is -0.357 e. The number of halogens is 1. The van der Waals surface area contributed by atoms with Gasteiger partial charge in [-0.3, -0.25) is 14.4 Å². The van der Waals surface area contributed by atoms with Crippen LogP contribution in [0.4, 0.5) is 5.69 Å². The van der Waals surface area contributed by atoms with Crippen molar-refractivity contribution in [2.45, 2.75) is 38.6 Å². The van der Waals surface area contributed by atoms with Crippen LogP contribution in [-0.2, 0) is 15.5 Å². The van der Waals surface area contributed by atoms with Crippen molar-refractivity contribution in [1.29, 1.82) is 0 Å². The van der Waals surface area contributed by atoms with E-state index in [1.165, 1.54) is 4.57 Å². The SMILES string of the molecule is CNC(=O)[C@@H](C(C)C)n1ccc2c(N(C)C(=O)[C@@H](C)c3ccc(CCl)cc3)cccc2c1=O. The monoisotopic (exact) mass is 467 g/mol. The highest BCUT2D eigenvalue weighted by Crippen LogP contribution is 2.28. The summed E-state index contributed by atoms with van der Waals surface area (Å²) in [6.45, 7) is 5.67. The lowest BCUT2D eigenvalue weighted by Gasteiger charge is -2.25. The maximum atomic E-state index is 13.3. The molecule has 2 atom stereocenters. The van der Waals surface area contributed by atoms with Gasteiger partial charge < -0.3 is 14.8 Å². The molecule has 0 aliphatic rings. The average Bonchev–Trinajstić information content (AvgIpc) is 2.83. The Kier molecular flexibility index (Phi) is 7.59. The Bertz CT molecular complexity index is 1220. The normalized spacial score (nSPS) is 13.1. The Hall–Kier alpha value is -3.12.